The molecule has 0 N–H and O–H groups in total. The molecular weight excluding hydrogens is 216 g/mol. The number of rotatable bonds is 2. The molecule has 1 saturated heterocycles. The normalized spacial score (nSPS) is 30.2. The van der Waals surface area contributed by atoms with E-state index in [0.29, 0.717) is 18.3 Å². The van der Waals surface area contributed by atoms with Gasteiger partial charge in [-0.05, 0) is 25.2 Å². The summed E-state index contributed by atoms with van der Waals surface area (Å²) in [7, 11) is 0. The van der Waals surface area contributed by atoms with E-state index >= 15 is 0 Å². The van der Waals surface area contributed by atoms with Crippen molar-refractivity contribution in [3.8, 4) is 0 Å². The second-order valence-corrected chi connectivity index (χ2v) is 4.22. The van der Waals surface area contributed by atoms with Gasteiger partial charge in [-0.1, -0.05) is 6.92 Å². The fourth-order valence-corrected chi connectivity index (χ4v) is 2.45. The quantitative estimate of drug-likeness (QED) is 0.728. The van der Waals surface area contributed by atoms with Gasteiger partial charge in [0.2, 0.25) is 12.8 Å². The number of amides is 1. The van der Waals surface area contributed by atoms with Gasteiger partial charge in [-0.3, -0.25) is 9.59 Å². The second-order valence-electron chi connectivity index (χ2n) is 4.22. The van der Waals surface area contributed by atoms with Crippen LogP contribution in [0.2, 0.25) is 0 Å². The lowest BCUT2D eigenvalue weighted by atomic mass is 10.1. The zero-order valence-electron chi connectivity index (χ0n) is 9.58. The van der Waals surface area contributed by atoms with Crippen LogP contribution < -0.4 is 0 Å². The second kappa shape index (κ2) is 5.37. The molecule has 1 amide bonds. The van der Waals surface area contributed by atoms with Gasteiger partial charge in [-0.2, -0.15) is 0 Å². The predicted molar refractivity (Wildman–Crippen MR) is 55.2 cm³/mol. The molecule has 0 bridgehead atoms. The molecule has 3 atom stereocenters. The molecule has 1 aliphatic carbocycles. The third-order valence-corrected chi connectivity index (χ3v) is 3.19. The van der Waals surface area contributed by atoms with Gasteiger partial charge >= 0.3 is 0 Å². The zero-order chi connectivity index (χ0) is 12.3. The van der Waals surface area contributed by atoms with E-state index < -0.39 is 6.93 Å². The van der Waals surface area contributed by atoms with Gasteiger partial charge < -0.3 is 4.90 Å². The van der Waals surface area contributed by atoms with Crippen molar-refractivity contribution in [3.63, 3.8) is 0 Å². The Morgan fingerprint density at radius 2 is 1.94 bits per heavy atom. The Labute approximate surface area is 93.8 Å². The van der Waals surface area contributed by atoms with Crippen molar-refractivity contribution in [1.82, 2.24) is 4.90 Å². The van der Waals surface area contributed by atoms with Gasteiger partial charge in [0.25, 0.3) is 0 Å². The number of halogens is 2. The Morgan fingerprint density at radius 3 is 2.38 bits per heavy atom. The zero-order valence-corrected chi connectivity index (χ0v) is 9.58. The summed E-state index contributed by atoms with van der Waals surface area (Å²) in [5.74, 6) is 1.41. The molecule has 0 radical (unpaired) electrons. The summed E-state index contributed by atoms with van der Waals surface area (Å²) in [6.07, 6.45) is 1.67. The van der Waals surface area contributed by atoms with Crippen LogP contribution in [-0.4, -0.2) is 36.1 Å². The van der Waals surface area contributed by atoms with E-state index in [1.54, 1.807) is 11.8 Å². The molecule has 3 nitrogen and oxygen atoms in total. The number of carbonyl (C=O) groups excluding carboxylic acids is 2. The summed E-state index contributed by atoms with van der Waals surface area (Å²) < 4.78 is 19.2. The molecule has 1 aliphatic heterocycles. The summed E-state index contributed by atoms with van der Waals surface area (Å²) in [4.78, 5) is 24.6. The third-order valence-electron chi connectivity index (χ3n) is 3.19. The number of likely N-dealkylation sites (tertiary alicyclic amines) is 1. The summed E-state index contributed by atoms with van der Waals surface area (Å²) in [5, 5.41) is 0. The summed E-state index contributed by atoms with van der Waals surface area (Å²) in [6.45, 7) is 2.52. The predicted octanol–water partition coefficient (Wildman–Crippen LogP) is 1.72. The van der Waals surface area contributed by atoms with Crippen LogP contribution in [0, 0.1) is 11.8 Å². The summed E-state index contributed by atoms with van der Waals surface area (Å²) >= 11 is 0. The Bertz CT molecular complexity index is 283. The van der Waals surface area contributed by atoms with Crippen LogP contribution >= 0.6 is 0 Å². The largest absolute Gasteiger partial charge is 0.332 e. The van der Waals surface area contributed by atoms with Crippen molar-refractivity contribution >= 4 is 11.7 Å². The van der Waals surface area contributed by atoms with E-state index in [9.17, 15) is 18.4 Å². The highest BCUT2D eigenvalue weighted by Gasteiger charge is 2.55. The summed E-state index contributed by atoms with van der Waals surface area (Å²) in [5.41, 5.74) is 0. The molecule has 2 fully saturated rings. The van der Waals surface area contributed by atoms with Crippen LogP contribution in [0.15, 0.2) is 0 Å². The van der Waals surface area contributed by atoms with Crippen LogP contribution in [-0.2, 0) is 9.59 Å². The van der Waals surface area contributed by atoms with Crippen LogP contribution in [0.5, 0.6) is 0 Å². The Morgan fingerprint density at radius 1 is 1.38 bits per heavy atom. The average Bonchev–Trinajstić information content (AvgIpc) is 2.88. The molecule has 1 unspecified atom stereocenters. The maximum absolute atomic E-state index is 11.5. The minimum Gasteiger partial charge on any atom is -0.332 e. The van der Waals surface area contributed by atoms with Gasteiger partial charge in [-0.25, -0.2) is 8.78 Å². The van der Waals surface area contributed by atoms with Crippen molar-refractivity contribution in [1.29, 1.82) is 0 Å². The topological polar surface area (TPSA) is 37.4 Å². The average molecular weight is 233 g/mol. The van der Waals surface area contributed by atoms with Gasteiger partial charge in [0, 0.05) is 13.0 Å². The lowest BCUT2D eigenvalue weighted by Crippen LogP contribution is -2.42. The van der Waals surface area contributed by atoms with Crippen molar-refractivity contribution in [3.05, 3.63) is 0 Å². The highest BCUT2D eigenvalue weighted by molar-refractivity contribution is 5.89. The molecular formula is C11H17F2NO2. The number of Topliss-reactive ketones (excluding diaryl/α,β-unsaturated/α-hetero) is 1. The van der Waals surface area contributed by atoms with E-state index in [1.807, 2.05) is 6.92 Å². The third kappa shape index (κ3) is 2.57. The van der Waals surface area contributed by atoms with Crippen LogP contribution in [0.25, 0.3) is 0 Å². The van der Waals surface area contributed by atoms with Crippen molar-refractivity contribution < 1.29 is 18.4 Å². The number of hydrogen-bond acceptors (Lipinski definition) is 2. The molecule has 2 aliphatic rings. The van der Waals surface area contributed by atoms with Crippen molar-refractivity contribution in [2.45, 2.75) is 32.7 Å². The van der Waals surface area contributed by atoms with Crippen LogP contribution in [0.3, 0.4) is 0 Å². The number of piperidine rings is 1. The highest BCUT2D eigenvalue weighted by atomic mass is 19.3. The van der Waals surface area contributed by atoms with Crippen molar-refractivity contribution in [2.75, 3.05) is 13.5 Å². The molecule has 0 aromatic heterocycles. The first-order chi connectivity index (χ1) is 7.56. The van der Waals surface area contributed by atoms with Crippen molar-refractivity contribution in [2.24, 2.45) is 11.8 Å². The van der Waals surface area contributed by atoms with Gasteiger partial charge in [0.05, 0.1) is 6.04 Å². The van der Waals surface area contributed by atoms with Gasteiger partial charge in [-0.15, -0.1) is 0 Å². The standard InChI is InChI=1S/C10H15NO2.CH2F2/c1-3-9(13)11-5-7-4-8(7)10(11)6(2)12;2-1-3/h7-8,10H,3-5H2,1-2H3;1H2/t7-,8-,10?;/m0./s1. The number of carbonyl (C=O) groups is 2. The molecule has 1 heterocycles. The fourth-order valence-electron chi connectivity index (χ4n) is 2.45. The van der Waals surface area contributed by atoms with E-state index in [0.717, 1.165) is 13.0 Å². The lowest BCUT2D eigenvalue weighted by molar-refractivity contribution is -0.137. The minimum atomic E-state index is -1.75. The van der Waals surface area contributed by atoms with E-state index in [2.05, 4.69) is 0 Å². The number of ketones is 1. The van der Waals surface area contributed by atoms with E-state index in [1.165, 1.54) is 0 Å². The number of alkyl halides is 2. The van der Waals surface area contributed by atoms with Crippen LogP contribution in [0.4, 0.5) is 8.78 Å². The minimum absolute atomic E-state index is 0.0857. The number of nitrogens with zero attached hydrogens (tertiary/aromatic N) is 1. The van der Waals surface area contributed by atoms with E-state index in [-0.39, 0.29) is 17.7 Å². The molecule has 0 aromatic rings. The maximum Gasteiger partial charge on any atom is 0.229 e. The molecule has 16 heavy (non-hydrogen) atoms. The Balaban J connectivity index is 0.000000386. The SMILES string of the molecule is CCC(=O)N1C[C@@H]2C[C@@H]2C1C(C)=O.FCF. The summed E-state index contributed by atoms with van der Waals surface area (Å²) in [6, 6.07) is -0.0857. The number of hydrogen-bond donors (Lipinski definition) is 0. The van der Waals surface area contributed by atoms with Gasteiger partial charge in [0.15, 0.2) is 5.78 Å². The van der Waals surface area contributed by atoms with E-state index in [4.69, 9.17) is 0 Å². The maximum atomic E-state index is 11.5. The molecule has 1 saturated carbocycles. The first-order valence-corrected chi connectivity index (χ1v) is 5.48. The Kier molecular flexibility index (Phi) is 4.38. The molecule has 92 valence electrons. The highest BCUT2D eigenvalue weighted by Crippen LogP contribution is 2.49. The first kappa shape index (κ1) is 13.1. The molecule has 0 spiro atoms. The van der Waals surface area contributed by atoms with Gasteiger partial charge in [0.1, 0.15) is 0 Å². The first-order valence-electron chi connectivity index (χ1n) is 5.48. The molecule has 0 aromatic carbocycles. The van der Waals surface area contributed by atoms with Crippen LogP contribution in [0.1, 0.15) is 26.7 Å². The molecule has 5 heteroatoms. The lowest BCUT2D eigenvalue weighted by Gasteiger charge is -2.24. The Hall–Kier alpha value is -1.00. The smallest absolute Gasteiger partial charge is 0.229 e. The molecule has 2 rings (SSSR count). The monoisotopic (exact) mass is 233 g/mol. The fraction of sp³-hybridized carbons (Fsp3) is 0.818. The number of fused-ring (bicyclic) bond motifs is 1.